The van der Waals surface area contributed by atoms with Crippen molar-refractivity contribution >= 4 is 29.0 Å². The molecule has 1 atom stereocenters. The van der Waals surface area contributed by atoms with Gasteiger partial charge in [0, 0.05) is 0 Å². The van der Waals surface area contributed by atoms with E-state index in [1.165, 1.54) is 30.6 Å². The molecule has 0 spiro atoms. The summed E-state index contributed by atoms with van der Waals surface area (Å²) in [7, 11) is 1.28. The first-order chi connectivity index (χ1) is 11.5. The van der Waals surface area contributed by atoms with E-state index < -0.39 is 29.5 Å². The quantitative estimate of drug-likeness (QED) is 0.657. The van der Waals surface area contributed by atoms with Crippen molar-refractivity contribution in [2.45, 2.75) is 6.04 Å². The van der Waals surface area contributed by atoms with Crippen molar-refractivity contribution in [3.8, 4) is 0 Å². The maximum absolute atomic E-state index is 12.6. The molecule has 2 aromatic rings. The summed E-state index contributed by atoms with van der Waals surface area (Å²) in [6.45, 7) is 0. The van der Waals surface area contributed by atoms with Crippen molar-refractivity contribution < 1.29 is 24.2 Å². The summed E-state index contributed by atoms with van der Waals surface area (Å²) in [5, 5.41) is 14.3. The molecule has 0 bridgehead atoms. The minimum absolute atomic E-state index is 0.00766. The number of carbonyl (C=O) groups excluding carboxylic acids is 3. The van der Waals surface area contributed by atoms with Gasteiger partial charge in [-0.1, -0.05) is 18.2 Å². The molecule has 122 valence electrons. The maximum Gasteiger partial charge on any atom is 0.337 e. The molecule has 24 heavy (non-hydrogen) atoms. The molecule has 0 saturated heterocycles. The number of hydrogen-bond donors (Lipinski definition) is 2. The van der Waals surface area contributed by atoms with Crippen LogP contribution < -0.4 is 5.32 Å². The molecule has 3 rings (SSSR count). The summed E-state index contributed by atoms with van der Waals surface area (Å²) in [6.07, 6.45) is 0. The Labute approximate surface area is 141 Å². The van der Waals surface area contributed by atoms with E-state index in [9.17, 15) is 19.5 Å². The Bertz CT molecular complexity index is 836. The van der Waals surface area contributed by atoms with Crippen LogP contribution in [0.5, 0.6) is 0 Å². The number of carbonyl (C=O) groups is 3. The zero-order valence-electron chi connectivity index (χ0n) is 12.6. The van der Waals surface area contributed by atoms with Gasteiger partial charge in [-0.3, -0.25) is 9.59 Å². The summed E-state index contributed by atoms with van der Waals surface area (Å²) in [5.41, 5.74) is 0.943. The predicted octanol–water partition coefficient (Wildman–Crippen LogP) is 2.40. The summed E-state index contributed by atoms with van der Waals surface area (Å²) >= 11 is 1.23. The van der Waals surface area contributed by atoms with E-state index in [1.54, 1.807) is 29.6 Å². The van der Waals surface area contributed by atoms with Crippen LogP contribution in [0.1, 0.15) is 31.6 Å². The third kappa shape index (κ3) is 2.69. The van der Waals surface area contributed by atoms with E-state index in [0.717, 1.165) is 0 Å². The van der Waals surface area contributed by atoms with Crippen LogP contribution in [0.2, 0.25) is 0 Å². The van der Waals surface area contributed by atoms with Gasteiger partial charge in [-0.05, 0) is 29.1 Å². The zero-order valence-corrected chi connectivity index (χ0v) is 13.4. The van der Waals surface area contributed by atoms with Crippen LogP contribution in [0, 0.1) is 0 Å². The minimum atomic E-state index is -0.765. The fourth-order valence-electron chi connectivity index (χ4n) is 2.49. The van der Waals surface area contributed by atoms with Gasteiger partial charge >= 0.3 is 5.97 Å². The Morgan fingerprint density at radius 3 is 2.50 bits per heavy atom. The lowest BCUT2D eigenvalue weighted by molar-refractivity contribution is -0.119. The van der Waals surface area contributed by atoms with Crippen LogP contribution in [-0.4, -0.2) is 29.9 Å². The van der Waals surface area contributed by atoms with Crippen LogP contribution in [0.15, 0.2) is 53.1 Å². The number of hydrogen-bond acceptors (Lipinski definition) is 6. The van der Waals surface area contributed by atoms with Crippen molar-refractivity contribution in [3.05, 3.63) is 69.1 Å². The molecular formula is C17H13NO5S. The topological polar surface area (TPSA) is 92.7 Å². The SMILES string of the molecule is COC(=O)c1ccc(C2NC(=O)C(O)=C2C(=O)c2cccs2)cc1. The van der Waals surface area contributed by atoms with Gasteiger partial charge in [0.05, 0.1) is 29.2 Å². The van der Waals surface area contributed by atoms with Gasteiger partial charge in [-0.15, -0.1) is 11.3 Å². The van der Waals surface area contributed by atoms with E-state index in [2.05, 4.69) is 10.1 Å². The first-order valence-corrected chi connectivity index (χ1v) is 7.91. The first-order valence-electron chi connectivity index (χ1n) is 7.03. The number of methoxy groups -OCH3 is 1. The minimum Gasteiger partial charge on any atom is -0.503 e. The highest BCUT2D eigenvalue weighted by Crippen LogP contribution is 2.32. The normalized spacial score (nSPS) is 16.9. The molecule has 0 saturated carbocycles. The second-order valence-electron chi connectivity index (χ2n) is 5.09. The van der Waals surface area contributed by atoms with Crippen molar-refractivity contribution in [1.29, 1.82) is 0 Å². The smallest absolute Gasteiger partial charge is 0.337 e. The van der Waals surface area contributed by atoms with Crippen molar-refractivity contribution in [2.75, 3.05) is 7.11 Å². The first kappa shape index (κ1) is 15.9. The highest BCUT2D eigenvalue weighted by atomic mass is 32.1. The third-order valence-corrected chi connectivity index (χ3v) is 4.56. The molecule has 0 radical (unpaired) electrons. The number of esters is 1. The van der Waals surface area contributed by atoms with Gasteiger partial charge in [0.2, 0.25) is 5.78 Å². The van der Waals surface area contributed by atoms with Gasteiger partial charge in [0.25, 0.3) is 5.91 Å². The molecule has 1 aromatic carbocycles. The lowest BCUT2D eigenvalue weighted by atomic mass is 9.95. The molecule has 1 unspecified atom stereocenters. The van der Waals surface area contributed by atoms with Gasteiger partial charge in [0.1, 0.15) is 0 Å². The number of aliphatic hydroxyl groups excluding tert-OH is 1. The second-order valence-corrected chi connectivity index (χ2v) is 6.04. The average Bonchev–Trinajstić information content (AvgIpc) is 3.23. The average molecular weight is 343 g/mol. The van der Waals surface area contributed by atoms with E-state index >= 15 is 0 Å². The van der Waals surface area contributed by atoms with Crippen LogP contribution in [0.3, 0.4) is 0 Å². The highest BCUT2D eigenvalue weighted by molar-refractivity contribution is 7.12. The molecule has 0 fully saturated rings. The third-order valence-electron chi connectivity index (χ3n) is 3.69. The van der Waals surface area contributed by atoms with Crippen LogP contribution in [0.25, 0.3) is 0 Å². The molecule has 2 N–H and O–H groups in total. The number of thiophene rings is 1. The van der Waals surface area contributed by atoms with Crippen LogP contribution in [0.4, 0.5) is 0 Å². The second kappa shape index (κ2) is 6.29. The largest absolute Gasteiger partial charge is 0.503 e. The Morgan fingerprint density at radius 2 is 1.92 bits per heavy atom. The van der Waals surface area contributed by atoms with Gasteiger partial charge < -0.3 is 15.2 Å². The van der Waals surface area contributed by atoms with Crippen molar-refractivity contribution in [3.63, 3.8) is 0 Å². The summed E-state index contributed by atoms with van der Waals surface area (Å²) < 4.78 is 4.63. The molecule has 1 aromatic heterocycles. The summed E-state index contributed by atoms with van der Waals surface area (Å²) in [6, 6.07) is 8.88. The van der Waals surface area contributed by atoms with Crippen molar-refractivity contribution in [1.82, 2.24) is 5.32 Å². The molecule has 1 amide bonds. The lowest BCUT2D eigenvalue weighted by Gasteiger charge is -2.14. The number of amides is 1. The Balaban J connectivity index is 1.96. The van der Waals surface area contributed by atoms with E-state index in [0.29, 0.717) is 16.0 Å². The van der Waals surface area contributed by atoms with Gasteiger partial charge in [-0.2, -0.15) is 0 Å². The number of aliphatic hydroxyl groups is 1. The summed E-state index contributed by atoms with van der Waals surface area (Å²) in [5.74, 6) is -2.15. The molecule has 1 aliphatic rings. The number of Topliss-reactive ketones (excluding diaryl/α,β-unsaturated/α-hetero) is 1. The number of ether oxygens (including phenoxy) is 1. The number of ketones is 1. The Morgan fingerprint density at radius 1 is 1.21 bits per heavy atom. The van der Waals surface area contributed by atoms with E-state index in [1.807, 2.05) is 0 Å². The predicted molar refractivity (Wildman–Crippen MR) is 87.0 cm³/mol. The number of rotatable bonds is 4. The van der Waals surface area contributed by atoms with Crippen molar-refractivity contribution in [2.24, 2.45) is 0 Å². The molecule has 7 heteroatoms. The molecule has 1 aliphatic heterocycles. The van der Waals surface area contributed by atoms with Gasteiger partial charge in [0.15, 0.2) is 5.76 Å². The van der Waals surface area contributed by atoms with Crippen LogP contribution >= 0.6 is 11.3 Å². The zero-order chi connectivity index (χ0) is 17.3. The fraction of sp³-hybridized carbons (Fsp3) is 0.118. The molecular weight excluding hydrogens is 330 g/mol. The fourth-order valence-corrected chi connectivity index (χ4v) is 3.17. The molecule has 0 aliphatic carbocycles. The monoisotopic (exact) mass is 343 g/mol. The highest BCUT2D eigenvalue weighted by Gasteiger charge is 2.37. The maximum atomic E-state index is 12.6. The van der Waals surface area contributed by atoms with Gasteiger partial charge in [-0.25, -0.2) is 4.79 Å². The standard InChI is InChI=1S/C17H13NO5S/c1-23-17(22)10-6-4-9(5-7-10)13-12(15(20)16(21)18-13)14(19)11-3-2-8-24-11/h2-8,13,20H,1H3,(H,18,21). The summed E-state index contributed by atoms with van der Waals surface area (Å²) in [4.78, 5) is 36.3. The Kier molecular flexibility index (Phi) is 4.18. The molecule has 6 nitrogen and oxygen atoms in total. The van der Waals surface area contributed by atoms with Crippen LogP contribution in [-0.2, 0) is 9.53 Å². The van der Waals surface area contributed by atoms with E-state index in [4.69, 9.17) is 0 Å². The van der Waals surface area contributed by atoms with E-state index in [-0.39, 0.29) is 5.57 Å². The molecule has 2 heterocycles. The number of benzene rings is 1. The Hall–Kier alpha value is -2.93. The number of nitrogens with one attached hydrogen (secondary N) is 1. The lowest BCUT2D eigenvalue weighted by Crippen LogP contribution is -2.23.